The zero-order valence-corrected chi connectivity index (χ0v) is 11.8. The normalized spacial score (nSPS) is 11.9. The zero-order valence-electron chi connectivity index (χ0n) is 11.8. The summed E-state index contributed by atoms with van der Waals surface area (Å²) in [5, 5.41) is 0.998. The van der Waals surface area contributed by atoms with Gasteiger partial charge in [0.05, 0.1) is 11.3 Å². The highest BCUT2D eigenvalue weighted by Crippen LogP contribution is 2.30. The van der Waals surface area contributed by atoms with Gasteiger partial charge >= 0.3 is 0 Å². The Kier molecular flexibility index (Phi) is 2.74. The highest BCUT2D eigenvalue weighted by molar-refractivity contribution is 5.92. The summed E-state index contributed by atoms with van der Waals surface area (Å²) in [5.74, 6) is 1.09. The van der Waals surface area contributed by atoms with Crippen LogP contribution in [0.5, 0.6) is 0 Å². The SMILES string of the molecule is CC(C)(C)c1cc(N)nc(-c2coc3ccccc23)n1. The molecule has 3 rings (SSSR count). The highest BCUT2D eigenvalue weighted by Gasteiger charge is 2.19. The molecule has 3 aromatic rings. The van der Waals surface area contributed by atoms with Gasteiger partial charge < -0.3 is 10.2 Å². The van der Waals surface area contributed by atoms with Crippen LogP contribution in [-0.4, -0.2) is 9.97 Å². The van der Waals surface area contributed by atoms with Gasteiger partial charge in [-0.25, -0.2) is 9.97 Å². The molecule has 0 aliphatic heterocycles. The minimum absolute atomic E-state index is 0.0780. The van der Waals surface area contributed by atoms with Crippen LogP contribution in [0.1, 0.15) is 26.5 Å². The van der Waals surface area contributed by atoms with Gasteiger partial charge in [0.1, 0.15) is 17.7 Å². The van der Waals surface area contributed by atoms with Crippen molar-refractivity contribution in [2.45, 2.75) is 26.2 Å². The lowest BCUT2D eigenvalue weighted by Crippen LogP contribution is -2.15. The van der Waals surface area contributed by atoms with Gasteiger partial charge in [-0.2, -0.15) is 0 Å². The summed E-state index contributed by atoms with van der Waals surface area (Å²) < 4.78 is 5.55. The van der Waals surface area contributed by atoms with Gasteiger partial charge in [0.2, 0.25) is 0 Å². The Bertz CT molecular complexity index is 769. The Morgan fingerprint density at radius 2 is 1.85 bits per heavy atom. The molecule has 4 heteroatoms. The number of rotatable bonds is 1. The molecule has 0 saturated heterocycles. The van der Waals surface area contributed by atoms with E-state index in [9.17, 15) is 0 Å². The first-order chi connectivity index (χ1) is 9.45. The number of para-hydroxylation sites is 1. The van der Waals surface area contributed by atoms with Crippen LogP contribution in [-0.2, 0) is 5.41 Å². The summed E-state index contributed by atoms with van der Waals surface area (Å²) in [6, 6.07) is 9.66. The Morgan fingerprint density at radius 1 is 1.10 bits per heavy atom. The molecule has 1 aromatic carbocycles. The van der Waals surface area contributed by atoms with Crippen LogP contribution in [0.2, 0.25) is 0 Å². The lowest BCUT2D eigenvalue weighted by Gasteiger charge is -2.18. The molecule has 0 saturated carbocycles. The Morgan fingerprint density at radius 3 is 2.60 bits per heavy atom. The average molecular weight is 267 g/mol. The summed E-state index contributed by atoms with van der Waals surface area (Å²) in [6.07, 6.45) is 1.69. The first kappa shape index (κ1) is 12.7. The molecule has 0 aliphatic carbocycles. The number of nitrogen functional groups attached to an aromatic ring is 1. The van der Waals surface area contributed by atoms with E-state index in [2.05, 4.69) is 30.7 Å². The quantitative estimate of drug-likeness (QED) is 0.729. The minimum atomic E-state index is -0.0780. The number of hydrogen-bond acceptors (Lipinski definition) is 4. The van der Waals surface area contributed by atoms with Crippen molar-refractivity contribution in [3.63, 3.8) is 0 Å². The third kappa shape index (κ3) is 2.13. The molecule has 0 bridgehead atoms. The maximum absolute atomic E-state index is 5.92. The van der Waals surface area contributed by atoms with E-state index in [1.54, 1.807) is 6.26 Å². The number of nitrogens with zero attached hydrogens (tertiary/aromatic N) is 2. The number of fused-ring (bicyclic) bond motifs is 1. The van der Waals surface area contributed by atoms with E-state index in [4.69, 9.17) is 10.2 Å². The minimum Gasteiger partial charge on any atom is -0.464 e. The predicted molar refractivity (Wildman–Crippen MR) is 80.4 cm³/mol. The van der Waals surface area contributed by atoms with E-state index in [0.29, 0.717) is 11.6 Å². The molecule has 0 amide bonds. The maximum Gasteiger partial charge on any atom is 0.165 e. The molecule has 4 nitrogen and oxygen atoms in total. The predicted octanol–water partition coefficient (Wildman–Crippen LogP) is 3.77. The average Bonchev–Trinajstić information content (AvgIpc) is 2.80. The van der Waals surface area contributed by atoms with Gasteiger partial charge in [0, 0.05) is 16.9 Å². The van der Waals surface area contributed by atoms with Gasteiger partial charge in [0.25, 0.3) is 0 Å². The van der Waals surface area contributed by atoms with Crippen molar-refractivity contribution in [3.05, 3.63) is 42.3 Å². The number of nitrogens with two attached hydrogens (primary N) is 1. The van der Waals surface area contributed by atoms with Crippen LogP contribution in [0.15, 0.2) is 41.0 Å². The lowest BCUT2D eigenvalue weighted by molar-refractivity contribution is 0.568. The largest absolute Gasteiger partial charge is 0.464 e. The zero-order chi connectivity index (χ0) is 14.3. The van der Waals surface area contributed by atoms with E-state index in [1.165, 1.54) is 0 Å². The fourth-order valence-corrected chi connectivity index (χ4v) is 2.12. The van der Waals surface area contributed by atoms with E-state index in [-0.39, 0.29) is 5.41 Å². The molecule has 0 aliphatic rings. The monoisotopic (exact) mass is 267 g/mol. The van der Waals surface area contributed by atoms with Crippen LogP contribution in [0, 0.1) is 0 Å². The van der Waals surface area contributed by atoms with Crippen molar-refractivity contribution >= 4 is 16.8 Å². The second-order valence-electron chi connectivity index (χ2n) is 5.90. The van der Waals surface area contributed by atoms with Crippen molar-refractivity contribution < 1.29 is 4.42 Å². The summed E-state index contributed by atoms with van der Waals surface area (Å²) >= 11 is 0. The van der Waals surface area contributed by atoms with Gasteiger partial charge in [0.15, 0.2) is 5.82 Å². The van der Waals surface area contributed by atoms with Gasteiger partial charge in [-0.3, -0.25) is 0 Å². The molecular weight excluding hydrogens is 250 g/mol. The van der Waals surface area contributed by atoms with Crippen LogP contribution in [0.3, 0.4) is 0 Å². The van der Waals surface area contributed by atoms with Gasteiger partial charge in [-0.05, 0) is 6.07 Å². The number of aromatic nitrogens is 2. The van der Waals surface area contributed by atoms with Crippen molar-refractivity contribution in [1.29, 1.82) is 0 Å². The van der Waals surface area contributed by atoms with Crippen molar-refractivity contribution in [3.8, 4) is 11.4 Å². The van der Waals surface area contributed by atoms with Crippen LogP contribution < -0.4 is 5.73 Å². The fraction of sp³-hybridized carbons (Fsp3) is 0.250. The summed E-state index contributed by atoms with van der Waals surface area (Å²) in [4.78, 5) is 8.99. The highest BCUT2D eigenvalue weighted by atomic mass is 16.3. The van der Waals surface area contributed by atoms with E-state index in [1.807, 2.05) is 30.3 Å². The first-order valence-electron chi connectivity index (χ1n) is 6.57. The van der Waals surface area contributed by atoms with Gasteiger partial charge in [-0.15, -0.1) is 0 Å². The van der Waals surface area contributed by atoms with Crippen LogP contribution in [0.4, 0.5) is 5.82 Å². The smallest absolute Gasteiger partial charge is 0.165 e. The third-order valence-corrected chi connectivity index (χ3v) is 3.24. The standard InChI is InChI=1S/C16H17N3O/c1-16(2,3)13-8-14(17)19-15(18-13)11-9-20-12-7-5-4-6-10(11)12/h4-9H,1-3H3,(H2,17,18,19). The van der Waals surface area contributed by atoms with Crippen LogP contribution in [0.25, 0.3) is 22.4 Å². The molecule has 0 radical (unpaired) electrons. The Balaban J connectivity index is 2.22. The molecule has 2 heterocycles. The maximum atomic E-state index is 5.92. The van der Waals surface area contributed by atoms with Crippen molar-refractivity contribution in [2.24, 2.45) is 0 Å². The van der Waals surface area contributed by atoms with Crippen LogP contribution >= 0.6 is 0 Å². The molecular formula is C16H17N3O. The molecule has 0 fully saturated rings. The lowest BCUT2D eigenvalue weighted by atomic mass is 9.92. The first-order valence-corrected chi connectivity index (χ1v) is 6.57. The second kappa shape index (κ2) is 4.34. The third-order valence-electron chi connectivity index (χ3n) is 3.24. The number of benzene rings is 1. The van der Waals surface area contributed by atoms with Gasteiger partial charge in [-0.1, -0.05) is 39.0 Å². The number of hydrogen-bond donors (Lipinski definition) is 1. The second-order valence-corrected chi connectivity index (χ2v) is 5.90. The molecule has 0 atom stereocenters. The molecule has 2 N–H and O–H groups in total. The Hall–Kier alpha value is -2.36. The van der Waals surface area contributed by atoms with E-state index >= 15 is 0 Å². The number of anilines is 1. The van der Waals surface area contributed by atoms with Crippen molar-refractivity contribution in [1.82, 2.24) is 9.97 Å². The summed E-state index contributed by atoms with van der Waals surface area (Å²) in [5.41, 5.74) is 8.47. The molecule has 20 heavy (non-hydrogen) atoms. The van der Waals surface area contributed by atoms with E-state index in [0.717, 1.165) is 22.2 Å². The molecule has 102 valence electrons. The summed E-state index contributed by atoms with van der Waals surface area (Å²) in [6.45, 7) is 6.31. The van der Waals surface area contributed by atoms with E-state index < -0.39 is 0 Å². The molecule has 0 spiro atoms. The molecule has 2 aromatic heterocycles. The van der Waals surface area contributed by atoms with Crippen molar-refractivity contribution in [2.75, 3.05) is 5.73 Å². The topological polar surface area (TPSA) is 64.9 Å². The summed E-state index contributed by atoms with van der Waals surface area (Å²) in [7, 11) is 0. The fourth-order valence-electron chi connectivity index (χ4n) is 2.12. The molecule has 0 unspecified atom stereocenters. The Labute approximate surface area is 117 Å². The number of furan rings is 1.